The van der Waals surface area contributed by atoms with E-state index in [0.717, 1.165) is 66.4 Å². The van der Waals surface area contributed by atoms with Gasteiger partial charge in [-0.05, 0) is 63.1 Å². The van der Waals surface area contributed by atoms with Crippen LogP contribution < -0.4 is 10.9 Å². The molecule has 0 bridgehead atoms. The summed E-state index contributed by atoms with van der Waals surface area (Å²) in [7, 11) is 0. The van der Waals surface area contributed by atoms with E-state index < -0.39 is 0 Å². The Morgan fingerprint density at radius 2 is 1.97 bits per heavy atom. The average Bonchev–Trinajstić information content (AvgIpc) is 3.60. The minimum Gasteiger partial charge on any atom is -0.463 e. The molecule has 1 amide bonds. The van der Waals surface area contributed by atoms with Crippen molar-refractivity contribution < 1.29 is 14.3 Å². The number of nitrogens with zero attached hydrogens (tertiary/aromatic N) is 2. The molecule has 3 aromatic rings. The number of rotatable bonds is 7. The van der Waals surface area contributed by atoms with Crippen LogP contribution in [-0.4, -0.2) is 39.0 Å². The Bertz CT molecular complexity index is 1490. The maximum Gasteiger partial charge on any atom is 0.336 e. The molecule has 2 atom stereocenters. The van der Waals surface area contributed by atoms with Gasteiger partial charge >= 0.3 is 5.97 Å². The zero-order chi connectivity index (χ0) is 26.2. The fourth-order valence-electron chi connectivity index (χ4n) is 5.71. The molecule has 10 heteroatoms. The molecule has 2 aliphatic carbocycles. The lowest BCUT2D eigenvalue weighted by Gasteiger charge is -2.14. The molecule has 3 heterocycles. The summed E-state index contributed by atoms with van der Waals surface area (Å²) >= 11 is 4.44. The molecular weight excluding hydrogens is 539 g/mol. The van der Waals surface area contributed by atoms with E-state index in [4.69, 9.17) is 9.72 Å². The highest BCUT2D eigenvalue weighted by atomic mass is 32.2. The van der Waals surface area contributed by atoms with Gasteiger partial charge in [0.1, 0.15) is 4.83 Å². The summed E-state index contributed by atoms with van der Waals surface area (Å²) in [5.74, 6) is -0.340. The van der Waals surface area contributed by atoms with E-state index in [1.807, 2.05) is 30.3 Å². The number of benzene rings is 1. The molecule has 3 aliphatic rings. The van der Waals surface area contributed by atoms with Crippen molar-refractivity contribution in [2.45, 2.75) is 62.3 Å². The van der Waals surface area contributed by atoms with Gasteiger partial charge in [-0.15, -0.1) is 23.1 Å². The summed E-state index contributed by atoms with van der Waals surface area (Å²) in [5.41, 5.74) is 2.42. The van der Waals surface area contributed by atoms with E-state index in [2.05, 4.69) is 5.32 Å². The monoisotopic (exact) mass is 567 g/mol. The molecule has 2 aromatic heterocycles. The van der Waals surface area contributed by atoms with Crippen LogP contribution in [0.5, 0.6) is 0 Å². The SMILES string of the molecule is CCOC(=O)C1=C(NC(=O)CSc2nc3sc4c(c3c(=O)n2-c2ccccc2)CCCC4)SC2CCCC12. The third-order valence-electron chi connectivity index (χ3n) is 7.39. The number of aryl methyl sites for hydroxylation is 2. The lowest BCUT2D eigenvalue weighted by Crippen LogP contribution is -2.27. The fraction of sp³-hybridized carbons (Fsp3) is 0.429. The fourth-order valence-corrected chi connectivity index (χ4v) is 9.38. The van der Waals surface area contributed by atoms with Crippen molar-refractivity contribution in [1.82, 2.24) is 14.9 Å². The Kier molecular flexibility index (Phi) is 7.37. The largest absolute Gasteiger partial charge is 0.463 e. The number of ether oxygens (including phenoxy) is 1. The van der Waals surface area contributed by atoms with E-state index in [1.54, 1.807) is 34.6 Å². The van der Waals surface area contributed by atoms with Gasteiger partial charge in [0.25, 0.3) is 5.56 Å². The molecule has 1 N–H and O–H groups in total. The standard InChI is InChI=1S/C28H29N3O4S3/c1-2-35-27(34)23-18-12-8-14-20(18)38-25(23)29-21(32)15-36-28-30-24-22(17-11-6-7-13-19(17)37-24)26(33)31(28)16-9-4-3-5-10-16/h3-5,9-10,18,20H,2,6-8,11-15H2,1H3,(H,29,32). The number of esters is 1. The number of hydrogen-bond acceptors (Lipinski definition) is 8. The number of nitrogens with one attached hydrogen (secondary N) is 1. The van der Waals surface area contributed by atoms with Gasteiger partial charge in [-0.2, -0.15) is 0 Å². The molecule has 0 radical (unpaired) electrons. The summed E-state index contributed by atoms with van der Waals surface area (Å²) in [6, 6.07) is 9.49. The van der Waals surface area contributed by atoms with Crippen LogP contribution >= 0.6 is 34.9 Å². The minimum absolute atomic E-state index is 0.0741. The van der Waals surface area contributed by atoms with Gasteiger partial charge in [0.2, 0.25) is 5.91 Å². The first-order valence-corrected chi connectivity index (χ1v) is 15.9. The molecule has 1 aromatic carbocycles. The number of aromatic nitrogens is 2. The summed E-state index contributed by atoms with van der Waals surface area (Å²) in [6.07, 6.45) is 7.18. The molecule has 0 spiro atoms. The lowest BCUT2D eigenvalue weighted by atomic mass is 9.97. The second kappa shape index (κ2) is 10.9. The maximum absolute atomic E-state index is 13.9. The summed E-state index contributed by atoms with van der Waals surface area (Å²) < 4.78 is 6.95. The first-order chi connectivity index (χ1) is 18.5. The van der Waals surface area contributed by atoms with Gasteiger partial charge in [-0.3, -0.25) is 14.2 Å². The van der Waals surface area contributed by atoms with Gasteiger partial charge in [-0.1, -0.05) is 36.4 Å². The van der Waals surface area contributed by atoms with Crippen LogP contribution in [0.2, 0.25) is 0 Å². The number of fused-ring (bicyclic) bond motifs is 4. The molecule has 1 aliphatic heterocycles. The van der Waals surface area contributed by atoms with Crippen molar-refractivity contribution in [1.29, 1.82) is 0 Å². The number of para-hydroxylation sites is 1. The minimum atomic E-state index is -0.330. The van der Waals surface area contributed by atoms with Crippen LogP contribution in [0.25, 0.3) is 15.9 Å². The first kappa shape index (κ1) is 25.7. The molecule has 0 saturated heterocycles. The van der Waals surface area contributed by atoms with E-state index in [1.165, 1.54) is 16.6 Å². The predicted octanol–water partition coefficient (Wildman–Crippen LogP) is 5.22. The highest BCUT2D eigenvalue weighted by Gasteiger charge is 2.43. The number of thiophene rings is 1. The second-order valence-electron chi connectivity index (χ2n) is 9.76. The molecule has 1 saturated carbocycles. The van der Waals surface area contributed by atoms with Crippen molar-refractivity contribution >= 4 is 57.0 Å². The molecule has 2 unspecified atom stereocenters. The molecule has 198 valence electrons. The zero-order valence-corrected chi connectivity index (χ0v) is 23.6. The topological polar surface area (TPSA) is 90.3 Å². The van der Waals surface area contributed by atoms with Crippen LogP contribution in [0.1, 0.15) is 49.5 Å². The number of hydrogen-bond donors (Lipinski definition) is 1. The van der Waals surface area contributed by atoms with Gasteiger partial charge in [-0.25, -0.2) is 9.78 Å². The van der Waals surface area contributed by atoms with Crippen LogP contribution in [0.4, 0.5) is 0 Å². The van der Waals surface area contributed by atoms with Crippen LogP contribution in [0.3, 0.4) is 0 Å². The Hall–Kier alpha value is -2.56. The van der Waals surface area contributed by atoms with Gasteiger partial charge in [0.15, 0.2) is 5.16 Å². The smallest absolute Gasteiger partial charge is 0.336 e. The average molecular weight is 568 g/mol. The first-order valence-electron chi connectivity index (χ1n) is 13.2. The molecule has 38 heavy (non-hydrogen) atoms. The predicted molar refractivity (Wildman–Crippen MR) is 153 cm³/mol. The molecule has 1 fully saturated rings. The van der Waals surface area contributed by atoms with Crippen LogP contribution in [0, 0.1) is 5.92 Å². The third kappa shape index (κ3) is 4.71. The zero-order valence-electron chi connectivity index (χ0n) is 21.2. The molecular formula is C28H29N3O4S3. The number of carbonyl (C=O) groups is 2. The third-order valence-corrected chi connectivity index (χ3v) is 10.9. The van der Waals surface area contributed by atoms with E-state index in [9.17, 15) is 14.4 Å². The highest BCUT2D eigenvalue weighted by Crippen LogP contribution is 2.49. The second-order valence-corrected chi connectivity index (χ2v) is 13.0. The van der Waals surface area contributed by atoms with Crippen LogP contribution in [-0.2, 0) is 27.2 Å². The Morgan fingerprint density at radius 1 is 1.16 bits per heavy atom. The van der Waals surface area contributed by atoms with E-state index in [-0.39, 0.29) is 29.1 Å². The number of amides is 1. The lowest BCUT2D eigenvalue weighted by molar-refractivity contribution is -0.139. The Labute approximate surface area is 233 Å². The number of thioether (sulfide) groups is 2. The molecule has 6 rings (SSSR count). The van der Waals surface area contributed by atoms with Crippen molar-refractivity contribution in [3.8, 4) is 5.69 Å². The number of carbonyl (C=O) groups excluding carboxylic acids is 2. The highest BCUT2D eigenvalue weighted by molar-refractivity contribution is 8.04. The van der Waals surface area contributed by atoms with Crippen molar-refractivity contribution in [3.63, 3.8) is 0 Å². The Morgan fingerprint density at radius 3 is 2.79 bits per heavy atom. The maximum atomic E-state index is 13.9. The van der Waals surface area contributed by atoms with E-state index >= 15 is 0 Å². The summed E-state index contributed by atoms with van der Waals surface area (Å²) in [4.78, 5) is 46.6. The quantitative estimate of drug-likeness (QED) is 0.238. The van der Waals surface area contributed by atoms with Crippen molar-refractivity contribution in [2.24, 2.45) is 5.92 Å². The van der Waals surface area contributed by atoms with Gasteiger partial charge in [0.05, 0.1) is 34.0 Å². The summed E-state index contributed by atoms with van der Waals surface area (Å²) in [5, 5.41) is 5.15. The normalized spacial score (nSPS) is 20.4. The van der Waals surface area contributed by atoms with Gasteiger partial charge in [0, 0.05) is 16.0 Å². The Balaban J connectivity index is 1.30. The van der Waals surface area contributed by atoms with Crippen molar-refractivity contribution in [3.05, 3.63) is 61.7 Å². The van der Waals surface area contributed by atoms with Crippen molar-refractivity contribution in [2.75, 3.05) is 12.4 Å². The van der Waals surface area contributed by atoms with E-state index in [0.29, 0.717) is 27.6 Å². The molecule has 7 nitrogen and oxygen atoms in total. The van der Waals surface area contributed by atoms with Crippen LogP contribution in [0.15, 0.2) is 50.9 Å². The summed E-state index contributed by atoms with van der Waals surface area (Å²) in [6.45, 7) is 2.10. The van der Waals surface area contributed by atoms with Gasteiger partial charge < -0.3 is 10.1 Å².